The van der Waals surface area contributed by atoms with Crippen molar-refractivity contribution in [1.29, 1.82) is 0 Å². The summed E-state index contributed by atoms with van der Waals surface area (Å²) in [4.78, 5) is 20.2. The number of carbonyl (C=O) groups excluding carboxylic acids is 1. The van der Waals surface area contributed by atoms with Crippen molar-refractivity contribution in [2.24, 2.45) is 0 Å². The first-order valence-electron chi connectivity index (χ1n) is 9.40. The van der Waals surface area contributed by atoms with E-state index < -0.39 is 0 Å². The Kier molecular flexibility index (Phi) is 4.52. The molecule has 0 saturated heterocycles. The van der Waals surface area contributed by atoms with Crippen LogP contribution < -0.4 is 9.64 Å². The van der Waals surface area contributed by atoms with Crippen LogP contribution in [0.5, 0.6) is 5.75 Å². The Morgan fingerprint density at radius 3 is 2.89 bits per heavy atom. The zero-order chi connectivity index (χ0) is 19.0. The Bertz CT molecular complexity index is 979. The molecule has 1 aliphatic heterocycles. The number of aryl methyl sites for hydroxylation is 1. The van der Waals surface area contributed by atoms with E-state index in [1.54, 1.807) is 4.90 Å². The molecule has 0 aliphatic carbocycles. The summed E-state index contributed by atoms with van der Waals surface area (Å²) in [5, 5.41) is 1.05. The number of rotatable bonds is 4. The highest BCUT2D eigenvalue weighted by Crippen LogP contribution is 2.33. The van der Waals surface area contributed by atoms with Gasteiger partial charge in [-0.25, -0.2) is 0 Å². The number of fused-ring (bicyclic) bond motifs is 2. The quantitative estimate of drug-likeness (QED) is 0.766. The SMILES string of the molecule is CCN1CC(CN(C)C(=O)c2cc3ccc(C)cc3[nH]2)Oc2ccccc21. The van der Waals surface area contributed by atoms with Gasteiger partial charge in [0.05, 0.1) is 18.8 Å². The summed E-state index contributed by atoms with van der Waals surface area (Å²) in [6.07, 6.45) is -0.0552. The van der Waals surface area contributed by atoms with Crippen LogP contribution in [-0.2, 0) is 0 Å². The van der Waals surface area contributed by atoms with Gasteiger partial charge in [0.15, 0.2) is 0 Å². The van der Waals surface area contributed by atoms with Crippen molar-refractivity contribution in [3.8, 4) is 5.75 Å². The molecule has 1 unspecified atom stereocenters. The number of carbonyl (C=O) groups is 1. The van der Waals surface area contributed by atoms with Crippen LogP contribution >= 0.6 is 0 Å². The van der Waals surface area contributed by atoms with Crippen molar-refractivity contribution in [3.63, 3.8) is 0 Å². The molecule has 0 saturated carbocycles. The molecular formula is C22H25N3O2. The van der Waals surface area contributed by atoms with Crippen LogP contribution in [0.2, 0.25) is 0 Å². The van der Waals surface area contributed by atoms with Crippen molar-refractivity contribution < 1.29 is 9.53 Å². The number of amides is 1. The molecule has 0 bridgehead atoms. The molecule has 1 N–H and O–H groups in total. The highest BCUT2D eigenvalue weighted by molar-refractivity contribution is 5.98. The first-order chi connectivity index (χ1) is 13.0. The largest absolute Gasteiger partial charge is 0.485 e. The minimum absolute atomic E-state index is 0.0191. The first kappa shape index (κ1) is 17.5. The number of nitrogens with zero attached hydrogens (tertiary/aromatic N) is 2. The van der Waals surface area contributed by atoms with E-state index in [-0.39, 0.29) is 12.0 Å². The number of anilines is 1. The number of aromatic amines is 1. The van der Waals surface area contributed by atoms with Crippen molar-refractivity contribution in [2.75, 3.05) is 31.6 Å². The van der Waals surface area contributed by atoms with Gasteiger partial charge in [0.25, 0.3) is 5.91 Å². The third-order valence-corrected chi connectivity index (χ3v) is 5.14. The number of benzene rings is 2. The summed E-state index contributed by atoms with van der Waals surface area (Å²) in [5.41, 5.74) is 3.90. The fourth-order valence-electron chi connectivity index (χ4n) is 3.72. The average Bonchev–Trinajstić information content (AvgIpc) is 3.09. The fraction of sp³-hybridized carbons (Fsp3) is 0.318. The Morgan fingerprint density at radius 1 is 1.26 bits per heavy atom. The molecule has 2 heterocycles. The predicted octanol–water partition coefficient (Wildman–Crippen LogP) is 3.84. The number of hydrogen-bond acceptors (Lipinski definition) is 3. The van der Waals surface area contributed by atoms with E-state index >= 15 is 0 Å². The maximum absolute atomic E-state index is 12.9. The van der Waals surface area contributed by atoms with Gasteiger partial charge in [0.2, 0.25) is 0 Å². The van der Waals surface area contributed by atoms with Crippen molar-refractivity contribution in [3.05, 3.63) is 59.8 Å². The van der Waals surface area contributed by atoms with Crippen LogP contribution in [0.4, 0.5) is 5.69 Å². The Labute approximate surface area is 159 Å². The molecule has 1 aromatic heterocycles. The standard InChI is InChI=1S/C22H25N3O2/c1-4-25-14-17(27-21-8-6-5-7-20(21)25)13-24(3)22(26)19-12-16-10-9-15(2)11-18(16)23-19/h5-12,17,23H,4,13-14H2,1-3H3. The lowest BCUT2D eigenvalue weighted by Gasteiger charge is -2.37. The van der Waals surface area contributed by atoms with Gasteiger partial charge in [0.1, 0.15) is 17.5 Å². The average molecular weight is 363 g/mol. The number of para-hydroxylation sites is 2. The molecule has 1 atom stereocenters. The van der Waals surface area contributed by atoms with E-state index in [9.17, 15) is 4.79 Å². The van der Waals surface area contributed by atoms with E-state index in [0.29, 0.717) is 12.2 Å². The monoisotopic (exact) mass is 363 g/mol. The number of aromatic nitrogens is 1. The van der Waals surface area contributed by atoms with Gasteiger partial charge in [-0.2, -0.15) is 0 Å². The second kappa shape index (κ2) is 6.99. The molecule has 5 nitrogen and oxygen atoms in total. The van der Waals surface area contributed by atoms with E-state index in [1.807, 2.05) is 44.3 Å². The van der Waals surface area contributed by atoms with E-state index in [0.717, 1.165) is 35.4 Å². The number of nitrogens with one attached hydrogen (secondary N) is 1. The highest BCUT2D eigenvalue weighted by Gasteiger charge is 2.27. The molecule has 140 valence electrons. The molecule has 5 heteroatoms. The topological polar surface area (TPSA) is 48.6 Å². The Hall–Kier alpha value is -2.95. The van der Waals surface area contributed by atoms with Gasteiger partial charge in [-0.1, -0.05) is 24.3 Å². The molecule has 2 aromatic carbocycles. The van der Waals surface area contributed by atoms with Gasteiger partial charge in [-0.3, -0.25) is 4.79 Å². The van der Waals surface area contributed by atoms with Crippen LogP contribution in [0.1, 0.15) is 23.0 Å². The number of hydrogen-bond donors (Lipinski definition) is 1. The summed E-state index contributed by atoms with van der Waals surface area (Å²) in [6, 6.07) is 16.2. The Balaban J connectivity index is 1.49. The maximum atomic E-state index is 12.9. The van der Waals surface area contributed by atoms with E-state index in [2.05, 4.69) is 35.0 Å². The van der Waals surface area contributed by atoms with Crippen LogP contribution in [0, 0.1) is 6.92 Å². The molecule has 0 fully saturated rings. The second-order valence-electron chi connectivity index (χ2n) is 7.21. The Morgan fingerprint density at radius 2 is 2.07 bits per heavy atom. The lowest BCUT2D eigenvalue weighted by Crippen LogP contribution is -2.46. The first-order valence-corrected chi connectivity index (χ1v) is 9.40. The summed E-state index contributed by atoms with van der Waals surface area (Å²) in [5.74, 6) is 0.867. The third-order valence-electron chi connectivity index (χ3n) is 5.14. The minimum Gasteiger partial charge on any atom is -0.485 e. The number of likely N-dealkylation sites (N-methyl/N-ethyl adjacent to an activating group) is 2. The molecule has 3 aromatic rings. The van der Waals surface area contributed by atoms with Gasteiger partial charge < -0.3 is 19.5 Å². The summed E-state index contributed by atoms with van der Waals surface area (Å²) in [7, 11) is 1.83. The van der Waals surface area contributed by atoms with Crippen molar-refractivity contribution in [2.45, 2.75) is 20.0 Å². The third kappa shape index (κ3) is 3.37. The molecule has 0 spiro atoms. The summed E-state index contributed by atoms with van der Waals surface area (Å²) < 4.78 is 6.15. The molecule has 0 radical (unpaired) electrons. The summed E-state index contributed by atoms with van der Waals surface area (Å²) in [6.45, 7) is 6.41. The van der Waals surface area contributed by atoms with Crippen LogP contribution in [0.25, 0.3) is 10.9 Å². The van der Waals surface area contributed by atoms with Gasteiger partial charge >= 0.3 is 0 Å². The van der Waals surface area contributed by atoms with Gasteiger partial charge in [0, 0.05) is 24.5 Å². The van der Waals surface area contributed by atoms with E-state index in [4.69, 9.17) is 4.74 Å². The van der Waals surface area contributed by atoms with Gasteiger partial charge in [-0.15, -0.1) is 0 Å². The number of ether oxygens (including phenoxy) is 1. The van der Waals surface area contributed by atoms with Crippen LogP contribution in [-0.4, -0.2) is 48.6 Å². The van der Waals surface area contributed by atoms with Gasteiger partial charge in [-0.05, 0) is 43.7 Å². The molecule has 1 aliphatic rings. The van der Waals surface area contributed by atoms with Crippen LogP contribution in [0.15, 0.2) is 48.5 Å². The smallest absolute Gasteiger partial charge is 0.270 e. The predicted molar refractivity (Wildman–Crippen MR) is 109 cm³/mol. The zero-order valence-corrected chi connectivity index (χ0v) is 16.0. The second-order valence-corrected chi connectivity index (χ2v) is 7.21. The molecule has 27 heavy (non-hydrogen) atoms. The van der Waals surface area contributed by atoms with E-state index in [1.165, 1.54) is 5.56 Å². The molecular weight excluding hydrogens is 338 g/mol. The lowest BCUT2D eigenvalue weighted by atomic mass is 10.1. The van der Waals surface area contributed by atoms with Crippen LogP contribution in [0.3, 0.4) is 0 Å². The fourth-order valence-corrected chi connectivity index (χ4v) is 3.72. The zero-order valence-electron chi connectivity index (χ0n) is 16.0. The molecule has 4 rings (SSSR count). The maximum Gasteiger partial charge on any atom is 0.270 e. The minimum atomic E-state index is -0.0552. The van der Waals surface area contributed by atoms with Crippen molar-refractivity contribution >= 4 is 22.5 Å². The lowest BCUT2D eigenvalue weighted by molar-refractivity contribution is 0.0705. The number of H-pyrrole nitrogens is 1. The molecule has 1 amide bonds. The van der Waals surface area contributed by atoms with Crippen molar-refractivity contribution in [1.82, 2.24) is 9.88 Å². The normalized spacial score (nSPS) is 16.1. The summed E-state index contributed by atoms with van der Waals surface area (Å²) >= 11 is 0. The highest BCUT2D eigenvalue weighted by atomic mass is 16.5.